The van der Waals surface area contributed by atoms with E-state index in [4.69, 9.17) is 4.74 Å². The van der Waals surface area contributed by atoms with Crippen LogP contribution in [-0.2, 0) is 24.1 Å². The first-order chi connectivity index (χ1) is 19.1. The molecule has 2 aromatic carbocycles. The van der Waals surface area contributed by atoms with Gasteiger partial charge in [-0.25, -0.2) is 0 Å². The van der Waals surface area contributed by atoms with Crippen LogP contribution in [0.3, 0.4) is 0 Å². The first-order valence-corrected chi connectivity index (χ1v) is 14.9. The largest absolute Gasteiger partial charge is 0.379 e. The topological polar surface area (TPSA) is 73.9 Å². The summed E-state index contributed by atoms with van der Waals surface area (Å²) in [6.45, 7) is 10.2. The van der Waals surface area contributed by atoms with E-state index >= 15 is 0 Å². The molecule has 2 aliphatic rings. The second kappa shape index (κ2) is 15.6. The van der Waals surface area contributed by atoms with E-state index in [1.54, 1.807) is 11.3 Å². The minimum absolute atomic E-state index is 0. The number of hydrogen-bond acceptors (Lipinski definition) is 6. The Balaban J connectivity index is 0.00000231. The monoisotopic (exact) mass is 618 g/mol. The summed E-state index contributed by atoms with van der Waals surface area (Å²) in [5, 5.41) is 6.83. The quantitative estimate of drug-likeness (QED) is 0.281. The van der Waals surface area contributed by atoms with Crippen LogP contribution >= 0.6 is 36.2 Å². The predicted molar refractivity (Wildman–Crippen MR) is 174 cm³/mol. The van der Waals surface area contributed by atoms with Crippen LogP contribution in [0.1, 0.15) is 63.4 Å². The minimum Gasteiger partial charge on any atom is -0.379 e. The van der Waals surface area contributed by atoms with Crippen LogP contribution in [0.5, 0.6) is 0 Å². The number of ether oxygens (including phenoxy) is 1. The van der Waals surface area contributed by atoms with Crippen molar-refractivity contribution >= 4 is 64.3 Å². The molecule has 2 N–H and O–H groups in total. The van der Waals surface area contributed by atoms with Crippen LogP contribution in [0.4, 0.5) is 16.4 Å². The van der Waals surface area contributed by atoms with Gasteiger partial charge in [0.2, 0.25) is 0 Å². The summed E-state index contributed by atoms with van der Waals surface area (Å²) in [6, 6.07) is 15.8. The summed E-state index contributed by atoms with van der Waals surface area (Å²) in [7, 11) is 0. The maximum atomic E-state index is 13.6. The average Bonchev–Trinajstić information content (AvgIpc) is 3.33. The molecule has 0 saturated carbocycles. The van der Waals surface area contributed by atoms with Crippen molar-refractivity contribution in [2.75, 3.05) is 54.9 Å². The smallest absolute Gasteiger partial charge is 0.258 e. The van der Waals surface area contributed by atoms with E-state index < -0.39 is 0 Å². The van der Waals surface area contributed by atoms with Crippen molar-refractivity contribution < 1.29 is 14.3 Å². The zero-order valence-corrected chi connectivity index (χ0v) is 26.2. The van der Waals surface area contributed by atoms with Crippen LogP contribution in [0.25, 0.3) is 0 Å². The molecule has 0 spiro atoms. The molecule has 1 aliphatic carbocycles. The lowest BCUT2D eigenvalue weighted by atomic mass is 9.95. The lowest BCUT2D eigenvalue weighted by molar-refractivity contribution is 0.0342. The number of halogens is 2. The van der Waals surface area contributed by atoms with Crippen LogP contribution in [0.15, 0.2) is 48.5 Å². The van der Waals surface area contributed by atoms with Crippen molar-refractivity contribution in [2.24, 2.45) is 0 Å². The fourth-order valence-electron chi connectivity index (χ4n) is 5.44. The Hall–Kier alpha value is -2.62. The SMILES string of the molecule is CCN(CC)c1ccc(NC(=O)c2c(NC(=O)c3cccc(CN4CCOCC4)c3)sc3c2CCCC3)cc1.Cl.Cl. The Morgan fingerprint density at radius 1 is 0.927 bits per heavy atom. The number of rotatable bonds is 9. The number of hydrogen-bond donors (Lipinski definition) is 2. The first kappa shape index (κ1) is 32.9. The highest BCUT2D eigenvalue weighted by Crippen LogP contribution is 2.39. The molecule has 0 atom stereocenters. The van der Waals surface area contributed by atoms with Crippen molar-refractivity contribution in [3.8, 4) is 0 Å². The van der Waals surface area contributed by atoms with E-state index in [1.807, 2.05) is 42.5 Å². The summed E-state index contributed by atoms with van der Waals surface area (Å²) in [5.74, 6) is -0.351. The van der Waals surface area contributed by atoms with Crippen LogP contribution in [0, 0.1) is 0 Å². The van der Waals surface area contributed by atoms with Crippen molar-refractivity contribution in [2.45, 2.75) is 46.1 Å². The number of anilines is 3. The van der Waals surface area contributed by atoms with Gasteiger partial charge in [-0.2, -0.15) is 0 Å². The van der Waals surface area contributed by atoms with Gasteiger partial charge in [0.15, 0.2) is 0 Å². The molecule has 1 aliphatic heterocycles. The van der Waals surface area contributed by atoms with E-state index in [1.165, 1.54) is 4.88 Å². The summed E-state index contributed by atoms with van der Waals surface area (Å²) in [5.41, 5.74) is 5.28. The zero-order valence-electron chi connectivity index (χ0n) is 23.7. The Bertz CT molecular complexity index is 1310. The van der Waals surface area contributed by atoms with Gasteiger partial charge in [0, 0.05) is 54.5 Å². The number of amides is 2. The second-order valence-corrected chi connectivity index (χ2v) is 11.2. The van der Waals surface area contributed by atoms with Crippen LogP contribution in [-0.4, -0.2) is 56.1 Å². The lowest BCUT2D eigenvalue weighted by Gasteiger charge is -2.26. The van der Waals surface area contributed by atoms with Gasteiger partial charge in [-0.3, -0.25) is 14.5 Å². The van der Waals surface area contributed by atoms with Crippen molar-refractivity contribution in [1.29, 1.82) is 0 Å². The van der Waals surface area contributed by atoms with Gasteiger partial charge >= 0.3 is 0 Å². The second-order valence-electron chi connectivity index (χ2n) is 10.1. The Kier molecular flexibility index (Phi) is 12.5. The van der Waals surface area contributed by atoms with E-state index in [2.05, 4.69) is 40.3 Å². The summed E-state index contributed by atoms with van der Waals surface area (Å²) in [4.78, 5) is 32.8. The molecular formula is C31H40Cl2N4O3S. The molecule has 2 amide bonds. The molecule has 0 unspecified atom stereocenters. The standard InChI is InChI=1S/C31H38N4O3S.2ClH/c1-3-35(4-2)25-14-12-24(13-15-25)32-30(37)28-26-10-5-6-11-27(26)39-31(28)33-29(36)23-9-7-8-22(20-23)21-34-16-18-38-19-17-34;;/h7-9,12-15,20H,3-6,10-11,16-19,21H2,1-2H3,(H,32,37)(H,33,36);2*1H. The van der Waals surface area contributed by atoms with Crippen molar-refractivity contribution in [3.63, 3.8) is 0 Å². The van der Waals surface area contributed by atoms with Gasteiger partial charge in [0.1, 0.15) is 5.00 Å². The minimum atomic E-state index is -0.185. The fraction of sp³-hybridized carbons (Fsp3) is 0.419. The van der Waals surface area contributed by atoms with Gasteiger partial charge in [0.25, 0.3) is 11.8 Å². The molecule has 0 bridgehead atoms. The molecular weight excluding hydrogens is 579 g/mol. The number of morpholine rings is 1. The molecule has 222 valence electrons. The number of fused-ring (bicyclic) bond motifs is 1. The summed E-state index contributed by atoms with van der Waals surface area (Å²) < 4.78 is 5.45. The molecule has 41 heavy (non-hydrogen) atoms. The third-order valence-electron chi connectivity index (χ3n) is 7.58. The van der Waals surface area contributed by atoms with E-state index in [0.717, 1.165) is 94.1 Å². The Morgan fingerprint density at radius 2 is 1.63 bits per heavy atom. The van der Waals surface area contributed by atoms with E-state index in [9.17, 15) is 9.59 Å². The van der Waals surface area contributed by atoms with Crippen LogP contribution in [0.2, 0.25) is 0 Å². The van der Waals surface area contributed by atoms with Crippen molar-refractivity contribution in [1.82, 2.24) is 4.90 Å². The molecule has 5 rings (SSSR count). The predicted octanol–water partition coefficient (Wildman–Crippen LogP) is 6.65. The lowest BCUT2D eigenvalue weighted by Crippen LogP contribution is -2.35. The molecule has 2 heterocycles. The molecule has 0 radical (unpaired) electrons. The van der Waals surface area contributed by atoms with Crippen molar-refractivity contribution in [3.05, 3.63) is 75.7 Å². The normalized spacial score (nSPS) is 14.7. The highest BCUT2D eigenvalue weighted by Gasteiger charge is 2.27. The van der Waals surface area contributed by atoms with Gasteiger partial charge in [-0.05, 0) is 87.1 Å². The maximum absolute atomic E-state index is 13.6. The third-order valence-corrected chi connectivity index (χ3v) is 8.79. The molecule has 10 heteroatoms. The molecule has 7 nitrogen and oxygen atoms in total. The van der Waals surface area contributed by atoms with Gasteiger partial charge in [0.05, 0.1) is 18.8 Å². The molecule has 1 aromatic heterocycles. The van der Waals surface area contributed by atoms with E-state index in [0.29, 0.717) is 16.1 Å². The van der Waals surface area contributed by atoms with Crippen LogP contribution < -0.4 is 15.5 Å². The number of nitrogens with one attached hydrogen (secondary N) is 2. The highest BCUT2D eigenvalue weighted by atomic mass is 35.5. The average molecular weight is 620 g/mol. The number of benzene rings is 2. The van der Waals surface area contributed by atoms with Gasteiger partial charge in [-0.1, -0.05) is 12.1 Å². The number of carbonyl (C=O) groups is 2. The number of thiophene rings is 1. The third kappa shape index (κ3) is 8.02. The molecule has 1 saturated heterocycles. The first-order valence-electron chi connectivity index (χ1n) is 14.1. The number of aryl methyl sites for hydroxylation is 1. The Morgan fingerprint density at radius 3 is 2.34 bits per heavy atom. The summed E-state index contributed by atoms with van der Waals surface area (Å²) >= 11 is 1.55. The van der Waals surface area contributed by atoms with E-state index in [-0.39, 0.29) is 36.6 Å². The number of nitrogens with zero attached hydrogens (tertiary/aromatic N) is 2. The summed E-state index contributed by atoms with van der Waals surface area (Å²) in [6.07, 6.45) is 3.97. The maximum Gasteiger partial charge on any atom is 0.258 e. The molecule has 3 aromatic rings. The van der Waals surface area contributed by atoms with Gasteiger partial charge < -0.3 is 20.3 Å². The fourth-order valence-corrected chi connectivity index (χ4v) is 6.72. The molecule has 1 fully saturated rings. The number of carbonyl (C=O) groups excluding carboxylic acids is 2. The highest BCUT2D eigenvalue weighted by molar-refractivity contribution is 7.17. The zero-order chi connectivity index (χ0) is 27.2. The van der Waals surface area contributed by atoms with Gasteiger partial charge in [-0.15, -0.1) is 36.2 Å². The Labute approximate surface area is 259 Å².